The highest BCUT2D eigenvalue weighted by Crippen LogP contribution is 1.97. The molecule has 1 heteroatoms. The number of aromatic nitrogens is 1. The van der Waals surface area contributed by atoms with Gasteiger partial charge in [-0.05, 0) is 12.5 Å². The first kappa shape index (κ1) is 10.5. The quantitative estimate of drug-likeness (QED) is 0.502. The van der Waals surface area contributed by atoms with E-state index < -0.39 is 0 Å². The second-order valence-electron chi connectivity index (χ2n) is 3.23. The molecular formula is C13H16N+. The summed E-state index contributed by atoms with van der Waals surface area (Å²) < 4.78 is 2.12. The van der Waals surface area contributed by atoms with Crippen molar-refractivity contribution in [1.82, 2.24) is 0 Å². The predicted octanol–water partition coefficient (Wildman–Crippen LogP) is 2.58. The summed E-state index contributed by atoms with van der Waals surface area (Å²) in [6.07, 6.45) is 9.74. The van der Waals surface area contributed by atoms with E-state index in [1.54, 1.807) is 6.08 Å². The highest BCUT2D eigenvalue weighted by molar-refractivity contribution is 5.19. The van der Waals surface area contributed by atoms with Crippen LogP contribution in [0.25, 0.3) is 0 Å². The third kappa shape index (κ3) is 3.02. The maximum absolute atomic E-state index is 3.76. The zero-order valence-electron chi connectivity index (χ0n) is 8.61. The molecular weight excluding hydrogens is 170 g/mol. The average molecular weight is 186 g/mol. The van der Waals surface area contributed by atoms with Crippen LogP contribution in [-0.2, 0) is 6.54 Å². The molecule has 0 N–H and O–H groups in total. The number of rotatable bonds is 4. The molecule has 1 aromatic heterocycles. The second-order valence-corrected chi connectivity index (χ2v) is 3.23. The van der Waals surface area contributed by atoms with E-state index in [4.69, 9.17) is 0 Å². The van der Waals surface area contributed by atoms with Gasteiger partial charge in [0.15, 0.2) is 18.9 Å². The minimum Gasteiger partial charge on any atom is -0.201 e. The van der Waals surface area contributed by atoms with Crippen molar-refractivity contribution in [3.63, 3.8) is 0 Å². The zero-order valence-corrected chi connectivity index (χ0v) is 8.61. The number of pyridine rings is 1. The van der Waals surface area contributed by atoms with Gasteiger partial charge < -0.3 is 0 Å². The lowest BCUT2D eigenvalue weighted by molar-refractivity contribution is -0.688. The van der Waals surface area contributed by atoms with Crippen LogP contribution in [0.3, 0.4) is 0 Å². The van der Waals surface area contributed by atoms with Crippen LogP contribution in [0.15, 0.2) is 61.5 Å². The zero-order chi connectivity index (χ0) is 10.4. The van der Waals surface area contributed by atoms with E-state index in [9.17, 15) is 0 Å². The van der Waals surface area contributed by atoms with Crippen LogP contribution < -0.4 is 4.57 Å². The van der Waals surface area contributed by atoms with E-state index >= 15 is 0 Å². The summed E-state index contributed by atoms with van der Waals surface area (Å²) in [5.74, 6) is 0. The molecule has 1 nitrogen and oxygen atoms in total. The molecule has 0 aliphatic rings. The van der Waals surface area contributed by atoms with Crippen LogP contribution in [0.5, 0.6) is 0 Å². The minimum absolute atomic E-state index is 0.843. The first-order valence-corrected chi connectivity index (χ1v) is 4.66. The van der Waals surface area contributed by atoms with Gasteiger partial charge in [-0.2, -0.15) is 0 Å². The number of allylic oxidation sites excluding steroid dienone is 4. The van der Waals surface area contributed by atoms with Gasteiger partial charge in [0.2, 0.25) is 0 Å². The lowest BCUT2D eigenvalue weighted by Gasteiger charge is -1.97. The molecule has 0 bridgehead atoms. The molecule has 0 amide bonds. The number of hydrogen-bond donors (Lipinski definition) is 0. The Kier molecular flexibility index (Phi) is 3.86. The second kappa shape index (κ2) is 5.18. The van der Waals surface area contributed by atoms with E-state index in [2.05, 4.69) is 49.2 Å². The number of nitrogens with zero attached hydrogens (tertiary/aromatic N) is 1. The van der Waals surface area contributed by atoms with Crippen molar-refractivity contribution in [2.24, 2.45) is 0 Å². The Balaban J connectivity index is 2.77. The fourth-order valence-corrected chi connectivity index (χ4v) is 1.18. The van der Waals surface area contributed by atoms with Gasteiger partial charge in [-0.15, -0.1) is 0 Å². The topological polar surface area (TPSA) is 3.88 Å². The van der Waals surface area contributed by atoms with E-state index in [-0.39, 0.29) is 0 Å². The van der Waals surface area contributed by atoms with E-state index in [1.807, 2.05) is 12.2 Å². The Morgan fingerprint density at radius 1 is 1.36 bits per heavy atom. The maximum Gasteiger partial charge on any atom is 0.173 e. The van der Waals surface area contributed by atoms with Gasteiger partial charge in [0.25, 0.3) is 0 Å². The Labute approximate surface area is 85.7 Å². The maximum atomic E-state index is 3.76. The highest BCUT2D eigenvalue weighted by Gasteiger charge is 2.00. The molecule has 0 fully saturated rings. The summed E-state index contributed by atoms with van der Waals surface area (Å²) in [6.45, 7) is 10.4. The van der Waals surface area contributed by atoms with Crippen molar-refractivity contribution >= 4 is 0 Å². The Morgan fingerprint density at radius 2 is 2.00 bits per heavy atom. The van der Waals surface area contributed by atoms with E-state index in [0.717, 1.165) is 12.1 Å². The Bertz CT molecular complexity index is 344. The minimum atomic E-state index is 0.843. The molecule has 0 radical (unpaired) electrons. The average Bonchev–Trinajstić information content (AvgIpc) is 2.20. The van der Waals surface area contributed by atoms with Crippen LogP contribution in [-0.4, -0.2) is 0 Å². The van der Waals surface area contributed by atoms with Crippen molar-refractivity contribution in [2.45, 2.75) is 13.5 Å². The van der Waals surface area contributed by atoms with Crippen molar-refractivity contribution in [3.05, 3.63) is 67.0 Å². The monoisotopic (exact) mass is 186 g/mol. The van der Waals surface area contributed by atoms with Crippen molar-refractivity contribution < 1.29 is 4.57 Å². The molecule has 0 saturated carbocycles. The fraction of sp³-hybridized carbons (Fsp3) is 0.154. The summed E-state index contributed by atoms with van der Waals surface area (Å²) >= 11 is 0. The van der Waals surface area contributed by atoms with Gasteiger partial charge in [0.1, 0.15) is 0 Å². The van der Waals surface area contributed by atoms with Crippen LogP contribution in [0, 0.1) is 6.92 Å². The first-order chi connectivity index (χ1) is 6.76. The van der Waals surface area contributed by atoms with Gasteiger partial charge in [0.05, 0.1) is 0 Å². The summed E-state index contributed by atoms with van der Waals surface area (Å²) in [5.41, 5.74) is 2.43. The van der Waals surface area contributed by atoms with Crippen LogP contribution in [0.2, 0.25) is 0 Å². The van der Waals surface area contributed by atoms with Crippen LogP contribution in [0.1, 0.15) is 5.56 Å². The van der Waals surface area contributed by atoms with Crippen LogP contribution >= 0.6 is 0 Å². The molecule has 0 aromatic carbocycles. The van der Waals surface area contributed by atoms with Gasteiger partial charge in [-0.25, -0.2) is 4.57 Å². The smallest absolute Gasteiger partial charge is 0.173 e. The lowest BCUT2D eigenvalue weighted by atomic mass is 10.2. The summed E-state index contributed by atoms with van der Waals surface area (Å²) in [4.78, 5) is 0. The number of hydrogen-bond acceptors (Lipinski definition) is 0. The number of aryl methyl sites for hydroxylation is 1. The first-order valence-electron chi connectivity index (χ1n) is 4.66. The van der Waals surface area contributed by atoms with Crippen molar-refractivity contribution in [3.8, 4) is 0 Å². The summed E-state index contributed by atoms with van der Waals surface area (Å²) in [7, 11) is 0. The van der Waals surface area contributed by atoms with Crippen LogP contribution in [0.4, 0.5) is 0 Å². The molecule has 72 valence electrons. The highest BCUT2D eigenvalue weighted by atomic mass is 14.9. The third-order valence-corrected chi connectivity index (χ3v) is 2.02. The molecule has 1 rings (SSSR count). The predicted molar refractivity (Wildman–Crippen MR) is 59.9 cm³/mol. The lowest BCUT2D eigenvalue weighted by Crippen LogP contribution is -2.33. The van der Waals surface area contributed by atoms with Crippen molar-refractivity contribution in [1.29, 1.82) is 0 Å². The molecule has 0 saturated heterocycles. The summed E-state index contributed by atoms with van der Waals surface area (Å²) in [5, 5.41) is 0. The summed E-state index contributed by atoms with van der Waals surface area (Å²) in [6, 6.07) is 4.18. The van der Waals surface area contributed by atoms with E-state index in [1.165, 1.54) is 5.56 Å². The molecule has 0 spiro atoms. The fourth-order valence-electron chi connectivity index (χ4n) is 1.18. The van der Waals surface area contributed by atoms with Gasteiger partial charge >= 0.3 is 0 Å². The largest absolute Gasteiger partial charge is 0.201 e. The molecule has 0 aliphatic carbocycles. The third-order valence-electron chi connectivity index (χ3n) is 2.02. The standard InChI is InChI=1S/C13H16N/c1-4-6-13(5-2)11-14-9-7-12(3)8-10-14/h4-10H,1-2,11H2,3H3/q+1/b13-6+. The van der Waals surface area contributed by atoms with Gasteiger partial charge in [-0.3, -0.25) is 0 Å². The molecule has 0 aliphatic heterocycles. The molecule has 0 atom stereocenters. The SMILES string of the molecule is C=C/C=C(\C=C)C[n+]1ccc(C)cc1. The van der Waals surface area contributed by atoms with Gasteiger partial charge in [-0.1, -0.05) is 31.4 Å². The normalized spacial score (nSPS) is 11.1. The van der Waals surface area contributed by atoms with Gasteiger partial charge in [0, 0.05) is 17.7 Å². The molecule has 14 heavy (non-hydrogen) atoms. The molecule has 1 aromatic rings. The Hall–Kier alpha value is -1.63. The van der Waals surface area contributed by atoms with E-state index in [0.29, 0.717) is 0 Å². The molecule has 0 unspecified atom stereocenters. The van der Waals surface area contributed by atoms with Crippen molar-refractivity contribution in [2.75, 3.05) is 0 Å². The molecule has 1 heterocycles. The Morgan fingerprint density at radius 3 is 2.50 bits per heavy atom.